The number of ether oxygens (including phenoxy) is 1. The van der Waals surface area contributed by atoms with E-state index in [1.165, 1.54) is 0 Å². The molecule has 0 aliphatic rings. The van der Waals surface area contributed by atoms with Gasteiger partial charge >= 0.3 is 5.97 Å². The zero-order valence-corrected chi connectivity index (χ0v) is 16.7. The van der Waals surface area contributed by atoms with E-state index < -0.39 is 5.97 Å². The van der Waals surface area contributed by atoms with Gasteiger partial charge in [0.2, 0.25) is 0 Å². The van der Waals surface area contributed by atoms with E-state index in [0.29, 0.717) is 25.3 Å². The third-order valence-electron chi connectivity index (χ3n) is 4.99. The van der Waals surface area contributed by atoms with Gasteiger partial charge in [0.05, 0.1) is 17.6 Å². The molecular formula is C24H23N3O3. The lowest BCUT2D eigenvalue weighted by molar-refractivity contribution is 0.0692. The van der Waals surface area contributed by atoms with E-state index in [9.17, 15) is 9.90 Å². The van der Waals surface area contributed by atoms with Crippen LogP contribution >= 0.6 is 0 Å². The van der Waals surface area contributed by atoms with E-state index in [0.717, 1.165) is 33.7 Å². The van der Waals surface area contributed by atoms with Crippen molar-refractivity contribution in [2.24, 2.45) is 0 Å². The minimum Gasteiger partial charge on any atom is -0.493 e. The molecule has 4 rings (SSSR count). The molecule has 6 nitrogen and oxygen atoms in total. The van der Waals surface area contributed by atoms with Crippen LogP contribution in [-0.4, -0.2) is 27.2 Å². The monoisotopic (exact) mass is 401 g/mol. The maximum Gasteiger partial charge on any atom is 0.339 e. The smallest absolute Gasteiger partial charge is 0.339 e. The molecule has 152 valence electrons. The summed E-state index contributed by atoms with van der Waals surface area (Å²) in [7, 11) is 0. The average Bonchev–Trinajstić information content (AvgIpc) is 3.07. The molecule has 0 fully saturated rings. The second-order valence-electron chi connectivity index (χ2n) is 7.09. The van der Waals surface area contributed by atoms with Crippen LogP contribution in [0.1, 0.15) is 34.2 Å². The number of carboxylic acids is 1. The van der Waals surface area contributed by atoms with Crippen LogP contribution in [0.15, 0.2) is 66.7 Å². The van der Waals surface area contributed by atoms with E-state index in [4.69, 9.17) is 15.5 Å². The number of aromatic nitrogens is 2. The summed E-state index contributed by atoms with van der Waals surface area (Å²) in [5.74, 6) is 0.280. The molecule has 1 heterocycles. The van der Waals surface area contributed by atoms with Gasteiger partial charge in [0.15, 0.2) is 0 Å². The molecule has 30 heavy (non-hydrogen) atoms. The van der Waals surface area contributed by atoms with Crippen LogP contribution < -0.4 is 10.5 Å². The Morgan fingerprint density at radius 2 is 1.80 bits per heavy atom. The summed E-state index contributed by atoms with van der Waals surface area (Å²) >= 11 is 0. The largest absolute Gasteiger partial charge is 0.493 e. The Morgan fingerprint density at radius 3 is 2.53 bits per heavy atom. The van der Waals surface area contributed by atoms with Crippen molar-refractivity contribution >= 4 is 22.7 Å². The van der Waals surface area contributed by atoms with Crippen LogP contribution in [0.5, 0.6) is 5.75 Å². The normalized spacial score (nSPS) is 11.0. The number of nitrogens with zero attached hydrogens (tertiary/aromatic N) is 2. The molecule has 0 amide bonds. The number of hydrogen-bond acceptors (Lipinski definition) is 4. The van der Waals surface area contributed by atoms with Crippen molar-refractivity contribution in [3.05, 3.63) is 89.2 Å². The molecule has 6 heteroatoms. The van der Waals surface area contributed by atoms with Gasteiger partial charge < -0.3 is 20.1 Å². The first kappa shape index (κ1) is 19.5. The van der Waals surface area contributed by atoms with E-state index in [2.05, 4.69) is 10.6 Å². The molecule has 0 bridgehead atoms. The molecule has 0 saturated carbocycles. The molecule has 0 aliphatic heterocycles. The maximum absolute atomic E-state index is 11.5. The molecular weight excluding hydrogens is 378 g/mol. The number of imidazole rings is 1. The summed E-state index contributed by atoms with van der Waals surface area (Å²) in [6.45, 7) is 2.91. The Kier molecular flexibility index (Phi) is 5.39. The van der Waals surface area contributed by atoms with Crippen LogP contribution in [-0.2, 0) is 13.0 Å². The van der Waals surface area contributed by atoms with Crippen LogP contribution in [0.2, 0.25) is 0 Å². The molecule has 0 saturated heterocycles. The number of fused-ring (bicyclic) bond motifs is 1. The predicted molar refractivity (Wildman–Crippen MR) is 117 cm³/mol. The maximum atomic E-state index is 11.5. The minimum absolute atomic E-state index is 0.163. The second kappa shape index (κ2) is 8.29. The van der Waals surface area contributed by atoms with Crippen LogP contribution in [0, 0.1) is 0 Å². The van der Waals surface area contributed by atoms with Gasteiger partial charge in [-0.05, 0) is 54.4 Å². The second-order valence-corrected chi connectivity index (χ2v) is 7.09. The molecule has 0 aliphatic carbocycles. The van der Waals surface area contributed by atoms with Crippen LogP contribution in [0.4, 0.5) is 5.69 Å². The fourth-order valence-corrected chi connectivity index (χ4v) is 3.55. The first-order chi connectivity index (χ1) is 14.5. The standard InChI is InChI=1S/C24H23N3O3/c1-2-30-22-13-17(9-12-19(22)24(28)29)14-23-26-20-5-3-4-6-21(20)27(23)15-16-7-10-18(25)11-8-16/h3-13H,2,14-15,25H2,1H3,(H,28,29). The molecule has 3 aromatic carbocycles. The number of benzene rings is 3. The lowest BCUT2D eigenvalue weighted by Crippen LogP contribution is -2.07. The highest BCUT2D eigenvalue weighted by Gasteiger charge is 2.15. The zero-order valence-electron chi connectivity index (χ0n) is 16.7. The summed E-state index contributed by atoms with van der Waals surface area (Å²) < 4.78 is 7.74. The van der Waals surface area contributed by atoms with Crippen LogP contribution in [0.25, 0.3) is 11.0 Å². The van der Waals surface area contributed by atoms with Gasteiger partial charge in [0, 0.05) is 18.7 Å². The molecule has 0 atom stereocenters. The molecule has 0 unspecified atom stereocenters. The number of hydrogen-bond donors (Lipinski definition) is 2. The van der Waals surface area contributed by atoms with E-state index >= 15 is 0 Å². The number of carboxylic acid groups (broad SMARTS) is 1. The van der Waals surface area contributed by atoms with Gasteiger partial charge in [-0.15, -0.1) is 0 Å². The summed E-state index contributed by atoms with van der Waals surface area (Å²) in [5, 5.41) is 9.39. The van der Waals surface area contributed by atoms with Crippen molar-refractivity contribution in [3.8, 4) is 5.75 Å². The third-order valence-corrected chi connectivity index (χ3v) is 4.99. The lowest BCUT2D eigenvalue weighted by atomic mass is 10.1. The zero-order chi connectivity index (χ0) is 21.1. The molecule has 4 aromatic rings. The van der Waals surface area contributed by atoms with Crippen molar-refractivity contribution in [1.82, 2.24) is 9.55 Å². The number of para-hydroxylation sites is 2. The first-order valence-corrected chi connectivity index (χ1v) is 9.82. The third kappa shape index (κ3) is 3.98. The number of nitrogens with two attached hydrogens (primary N) is 1. The Labute approximate surface area is 174 Å². The molecule has 3 N–H and O–H groups in total. The highest BCUT2D eigenvalue weighted by molar-refractivity contribution is 5.91. The van der Waals surface area contributed by atoms with E-state index in [-0.39, 0.29) is 5.56 Å². The highest BCUT2D eigenvalue weighted by atomic mass is 16.5. The SMILES string of the molecule is CCOc1cc(Cc2nc3ccccc3n2Cc2ccc(N)cc2)ccc1C(=O)O. The fourth-order valence-electron chi connectivity index (χ4n) is 3.55. The van der Waals surface area contributed by atoms with Crippen LogP contribution in [0.3, 0.4) is 0 Å². The number of carbonyl (C=O) groups is 1. The number of nitrogen functional groups attached to an aromatic ring is 1. The fraction of sp³-hybridized carbons (Fsp3) is 0.167. The Hall–Kier alpha value is -3.80. The number of anilines is 1. The van der Waals surface area contributed by atoms with Gasteiger partial charge in [-0.1, -0.05) is 30.3 Å². The van der Waals surface area contributed by atoms with Gasteiger partial charge in [-0.2, -0.15) is 0 Å². The molecule has 0 spiro atoms. The quantitative estimate of drug-likeness (QED) is 0.449. The lowest BCUT2D eigenvalue weighted by Gasteiger charge is -2.12. The topological polar surface area (TPSA) is 90.4 Å². The van der Waals surface area contributed by atoms with Crippen molar-refractivity contribution in [3.63, 3.8) is 0 Å². The number of aromatic carboxylic acids is 1. The highest BCUT2D eigenvalue weighted by Crippen LogP contribution is 2.25. The molecule has 1 aromatic heterocycles. The Bertz CT molecular complexity index is 1200. The Morgan fingerprint density at radius 1 is 1.07 bits per heavy atom. The van der Waals surface area contributed by atoms with E-state index in [1.54, 1.807) is 12.1 Å². The first-order valence-electron chi connectivity index (χ1n) is 9.82. The molecule has 0 radical (unpaired) electrons. The van der Waals surface area contributed by atoms with Crippen molar-refractivity contribution in [1.29, 1.82) is 0 Å². The van der Waals surface area contributed by atoms with Gasteiger partial charge in [0.25, 0.3) is 0 Å². The summed E-state index contributed by atoms with van der Waals surface area (Å²) in [4.78, 5) is 16.3. The number of rotatable bonds is 7. The minimum atomic E-state index is -0.999. The van der Waals surface area contributed by atoms with Gasteiger partial charge in [-0.25, -0.2) is 9.78 Å². The van der Waals surface area contributed by atoms with Crippen molar-refractivity contribution < 1.29 is 14.6 Å². The van der Waals surface area contributed by atoms with Crippen molar-refractivity contribution in [2.75, 3.05) is 12.3 Å². The predicted octanol–water partition coefficient (Wildman–Crippen LogP) is 4.35. The van der Waals surface area contributed by atoms with Gasteiger partial charge in [0.1, 0.15) is 17.1 Å². The van der Waals surface area contributed by atoms with Gasteiger partial charge in [-0.3, -0.25) is 0 Å². The Balaban J connectivity index is 1.73. The average molecular weight is 401 g/mol. The van der Waals surface area contributed by atoms with E-state index in [1.807, 2.05) is 55.5 Å². The summed E-state index contributed by atoms with van der Waals surface area (Å²) in [6.07, 6.45) is 0.559. The van der Waals surface area contributed by atoms with Crippen molar-refractivity contribution in [2.45, 2.75) is 19.9 Å². The summed E-state index contributed by atoms with van der Waals surface area (Å²) in [5.41, 5.74) is 10.8. The summed E-state index contributed by atoms with van der Waals surface area (Å²) in [6, 6.07) is 21.1.